The summed E-state index contributed by atoms with van der Waals surface area (Å²) in [6.07, 6.45) is 3.19. The van der Waals surface area contributed by atoms with Crippen LogP contribution in [0.5, 0.6) is 11.5 Å². The summed E-state index contributed by atoms with van der Waals surface area (Å²) in [5, 5.41) is 0.434. The number of hydrogen-bond donors (Lipinski definition) is 0. The van der Waals surface area contributed by atoms with Gasteiger partial charge in [0, 0.05) is 10.0 Å². The number of benzene rings is 2. The number of hydrogen-bond acceptors (Lipinski definition) is 3. The molecular weight excluding hydrogens is 368 g/mol. The van der Waals surface area contributed by atoms with E-state index in [2.05, 4.69) is 15.9 Å². The SMILES string of the molecule is COc1cc(Br)c(/C=C/C(=O)c2ccccc2Cl)cc1OC. The molecular formula is C17H14BrClO3. The molecule has 0 unspecified atom stereocenters. The smallest absolute Gasteiger partial charge is 0.187 e. The first kappa shape index (κ1) is 16.6. The Labute approximate surface area is 142 Å². The first-order valence-corrected chi connectivity index (χ1v) is 7.62. The molecule has 22 heavy (non-hydrogen) atoms. The Morgan fingerprint density at radius 2 is 1.77 bits per heavy atom. The molecule has 114 valence electrons. The van der Waals surface area contributed by atoms with Gasteiger partial charge in [-0.1, -0.05) is 39.7 Å². The van der Waals surface area contributed by atoms with Gasteiger partial charge >= 0.3 is 0 Å². The zero-order chi connectivity index (χ0) is 16.1. The lowest BCUT2D eigenvalue weighted by atomic mass is 10.1. The van der Waals surface area contributed by atoms with E-state index in [0.717, 1.165) is 10.0 Å². The number of carbonyl (C=O) groups excluding carboxylic acids is 1. The minimum absolute atomic E-state index is 0.160. The first-order valence-electron chi connectivity index (χ1n) is 6.45. The number of carbonyl (C=O) groups is 1. The lowest BCUT2D eigenvalue weighted by Crippen LogP contribution is -1.95. The molecule has 0 fully saturated rings. The second-order valence-electron chi connectivity index (χ2n) is 4.41. The molecule has 0 saturated heterocycles. The molecule has 0 aliphatic carbocycles. The third-order valence-corrected chi connectivity index (χ3v) is 4.07. The molecule has 0 saturated carbocycles. The van der Waals surface area contributed by atoms with Crippen molar-refractivity contribution < 1.29 is 14.3 Å². The molecule has 0 N–H and O–H groups in total. The minimum atomic E-state index is -0.160. The fourth-order valence-corrected chi connectivity index (χ4v) is 2.60. The Bertz CT molecular complexity index is 726. The summed E-state index contributed by atoms with van der Waals surface area (Å²) in [4.78, 5) is 12.2. The van der Waals surface area contributed by atoms with E-state index in [4.69, 9.17) is 21.1 Å². The standard InChI is InChI=1S/C17H14BrClO3/c1-21-16-9-11(13(18)10-17(16)22-2)7-8-15(20)12-5-3-4-6-14(12)19/h3-10H,1-2H3/b8-7+. The monoisotopic (exact) mass is 380 g/mol. The highest BCUT2D eigenvalue weighted by atomic mass is 79.9. The summed E-state index contributed by atoms with van der Waals surface area (Å²) in [5.74, 6) is 1.05. The van der Waals surface area contributed by atoms with Gasteiger partial charge in [-0.2, -0.15) is 0 Å². The number of rotatable bonds is 5. The zero-order valence-electron chi connectivity index (χ0n) is 12.1. The van der Waals surface area contributed by atoms with Crippen LogP contribution in [-0.2, 0) is 0 Å². The van der Waals surface area contributed by atoms with Crippen molar-refractivity contribution >= 4 is 39.4 Å². The number of ether oxygens (including phenoxy) is 2. The quantitative estimate of drug-likeness (QED) is 0.539. The van der Waals surface area contributed by atoms with Crippen LogP contribution in [0.15, 0.2) is 46.9 Å². The van der Waals surface area contributed by atoms with E-state index < -0.39 is 0 Å². The van der Waals surface area contributed by atoms with Gasteiger partial charge in [0.25, 0.3) is 0 Å². The summed E-state index contributed by atoms with van der Waals surface area (Å²) in [6, 6.07) is 10.5. The summed E-state index contributed by atoms with van der Waals surface area (Å²) in [7, 11) is 3.13. The Morgan fingerprint density at radius 1 is 1.14 bits per heavy atom. The van der Waals surface area contributed by atoms with E-state index in [1.165, 1.54) is 6.08 Å². The fraction of sp³-hybridized carbons (Fsp3) is 0.118. The van der Waals surface area contributed by atoms with E-state index in [0.29, 0.717) is 22.1 Å². The van der Waals surface area contributed by atoms with Crippen molar-refractivity contribution in [1.82, 2.24) is 0 Å². The van der Waals surface area contributed by atoms with Crippen molar-refractivity contribution in [3.8, 4) is 11.5 Å². The van der Waals surface area contributed by atoms with Crippen molar-refractivity contribution in [1.29, 1.82) is 0 Å². The summed E-state index contributed by atoms with van der Waals surface area (Å²) in [5.41, 5.74) is 1.27. The molecule has 0 amide bonds. The van der Waals surface area contributed by atoms with Crippen LogP contribution in [0.2, 0.25) is 5.02 Å². The van der Waals surface area contributed by atoms with E-state index in [1.807, 2.05) is 0 Å². The molecule has 0 radical (unpaired) electrons. The molecule has 0 aliphatic heterocycles. The maximum absolute atomic E-state index is 12.2. The van der Waals surface area contributed by atoms with Crippen LogP contribution < -0.4 is 9.47 Å². The molecule has 0 bridgehead atoms. The van der Waals surface area contributed by atoms with Crippen LogP contribution in [-0.4, -0.2) is 20.0 Å². The van der Waals surface area contributed by atoms with Crippen LogP contribution in [0, 0.1) is 0 Å². The maximum atomic E-state index is 12.2. The molecule has 2 aromatic carbocycles. The van der Waals surface area contributed by atoms with E-state index in [9.17, 15) is 4.79 Å². The number of methoxy groups -OCH3 is 2. The van der Waals surface area contributed by atoms with Crippen molar-refractivity contribution in [3.63, 3.8) is 0 Å². The number of allylic oxidation sites excluding steroid dienone is 1. The third kappa shape index (κ3) is 3.70. The highest BCUT2D eigenvalue weighted by Gasteiger charge is 2.09. The van der Waals surface area contributed by atoms with Crippen molar-refractivity contribution in [3.05, 3.63) is 63.1 Å². The molecule has 0 heterocycles. The molecule has 0 atom stereocenters. The van der Waals surface area contributed by atoms with Gasteiger partial charge < -0.3 is 9.47 Å². The average Bonchev–Trinajstić information content (AvgIpc) is 2.53. The molecule has 2 rings (SSSR count). The summed E-state index contributed by atoms with van der Waals surface area (Å²) < 4.78 is 11.3. The minimum Gasteiger partial charge on any atom is -0.493 e. The second kappa shape index (κ2) is 7.47. The van der Waals surface area contributed by atoms with Crippen LogP contribution in [0.4, 0.5) is 0 Å². The van der Waals surface area contributed by atoms with Crippen molar-refractivity contribution in [2.24, 2.45) is 0 Å². The van der Waals surface area contributed by atoms with Crippen LogP contribution in [0.25, 0.3) is 6.08 Å². The third-order valence-electron chi connectivity index (χ3n) is 3.06. The zero-order valence-corrected chi connectivity index (χ0v) is 14.4. The summed E-state index contributed by atoms with van der Waals surface area (Å²) >= 11 is 9.47. The first-order chi connectivity index (χ1) is 10.6. The Balaban J connectivity index is 2.30. The van der Waals surface area contributed by atoms with E-state index in [-0.39, 0.29) is 5.78 Å². The van der Waals surface area contributed by atoms with E-state index >= 15 is 0 Å². The van der Waals surface area contributed by atoms with E-state index in [1.54, 1.807) is 56.7 Å². The molecule has 2 aromatic rings. The van der Waals surface area contributed by atoms with Gasteiger partial charge in [-0.05, 0) is 42.0 Å². The largest absolute Gasteiger partial charge is 0.493 e. The Hall–Kier alpha value is -1.78. The molecule has 0 spiro atoms. The normalized spacial score (nSPS) is 10.7. The van der Waals surface area contributed by atoms with Crippen molar-refractivity contribution in [2.75, 3.05) is 14.2 Å². The predicted molar refractivity (Wildman–Crippen MR) is 92.1 cm³/mol. The van der Waals surface area contributed by atoms with Gasteiger partial charge in [-0.15, -0.1) is 0 Å². The van der Waals surface area contributed by atoms with Gasteiger partial charge in [0.15, 0.2) is 17.3 Å². The van der Waals surface area contributed by atoms with Gasteiger partial charge in [-0.3, -0.25) is 4.79 Å². The number of halogens is 2. The highest BCUT2D eigenvalue weighted by Crippen LogP contribution is 2.34. The topological polar surface area (TPSA) is 35.5 Å². The van der Waals surface area contributed by atoms with Gasteiger partial charge in [-0.25, -0.2) is 0 Å². The predicted octanol–water partition coefficient (Wildman–Crippen LogP) is 5.02. The maximum Gasteiger partial charge on any atom is 0.187 e. The average molecular weight is 382 g/mol. The molecule has 5 heteroatoms. The highest BCUT2D eigenvalue weighted by molar-refractivity contribution is 9.10. The summed E-state index contributed by atoms with van der Waals surface area (Å²) in [6.45, 7) is 0. The fourth-order valence-electron chi connectivity index (χ4n) is 1.91. The Kier molecular flexibility index (Phi) is 5.63. The van der Waals surface area contributed by atoms with Gasteiger partial charge in [0.2, 0.25) is 0 Å². The molecule has 0 aliphatic rings. The lowest BCUT2D eigenvalue weighted by Gasteiger charge is -2.09. The number of ketones is 1. The molecule has 3 nitrogen and oxygen atoms in total. The second-order valence-corrected chi connectivity index (χ2v) is 5.67. The Morgan fingerprint density at radius 3 is 2.41 bits per heavy atom. The van der Waals surface area contributed by atoms with Crippen LogP contribution >= 0.6 is 27.5 Å². The van der Waals surface area contributed by atoms with Gasteiger partial charge in [0.05, 0.1) is 19.2 Å². The van der Waals surface area contributed by atoms with Crippen molar-refractivity contribution in [2.45, 2.75) is 0 Å². The van der Waals surface area contributed by atoms with Crippen LogP contribution in [0.3, 0.4) is 0 Å². The van der Waals surface area contributed by atoms with Crippen LogP contribution in [0.1, 0.15) is 15.9 Å². The molecule has 0 aromatic heterocycles. The lowest BCUT2D eigenvalue weighted by molar-refractivity contribution is 0.104. The van der Waals surface area contributed by atoms with Gasteiger partial charge in [0.1, 0.15) is 0 Å².